The van der Waals surface area contributed by atoms with Crippen LogP contribution in [0.5, 0.6) is 0 Å². The Morgan fingerprint density at radius 3 is 2.59 bits per heavy atom. The summed E-state index contributed by atoms with van der Waals surface area (Å²) < 4.78 is 37.0. The molecule has 0 saturated carbocycles. The molecule has 0 bridgehead atoms. The second kappa shape index (κ2) is 12.4. The zero-order chi connectivity index (χ0) is 31.0. The number of fused-ring (bicyclic) bond motifs is 1. The first-order valence-electron chi connectivity index (χ1n) is 14.8. The summed E-state index contributed by atoms with van der Waals surface area (Å²) in [4.78, 5) is 20.7. The number of benzene rings is 2. The number of halogens is 2. The minimum Gasteiger partial charge on any atom is -0.385 e. The van der Waals surface area contributed by atoms with Gasteiger partial charge in [0.05, 0.1) is 23.3 Å². The van der Waals surface area contributed by atoms with E-state index in [4.69, 9.17) is 9.84 Å². The summed E-state index contributed by atoms with van der Waals surface area (Å²) in [7, 11) is 5.51. The Morgan fingerprint density at radius 1 is 1.05 bits per heavy atom. The number of nitrogens with zero attached hydrogens (tertiary/aromatic N) is 6. The Kier molecular flexibility index (Phi) is 8.38. The number of aryl methyl sites for hydroxylation is 1. The summed E-state index contributed by atoms with van der Waals surface area (Å²) >= 11 is 0. The van der Waals surface area contributed by atoms with Crippen LogP contribution >= 0.6 is 0 Å². The highest BCUT2D eigenvalue weighted by molar-refractivity contribution is 5.84. The maximum atomic E-state index is 14.3. The van der Waals surface area contributed by atoms with Crippen LogP contribution in [0.3, 0.4) is 0 Å². The summed E-state index contributed by atoms with van der Waals surface area (Å²) in [6.45, 7) is 2.57. The molecule has 1 aliphatic rings. The summed E-state index contributed by atoms with van der Waals surface area (Å²) in [5.74, 6) is -1.76. The van der Waals surface area contributed by atoms with E-state index in [0.29, 0.717) is 18.6 Å². The van der Waals surface area contributed by atoms with Gasteiger partial charge in [-0.05, 0) is 74.2 Å². The number of aromatic nitrogens is 5. The van der Waals surface area contributed by atoms with E-state index >= 15 is 0 Å². The summed E-state index contributed by atoms with van der Waals surface area (Å²) in [6.07, 6.45) is 5.60. The number of hydrogen-bond donors (Lipinski definition) is 0. The number of methoxy groups -OCH3 is 1. The first-order valence-corrected chi connectivity index (χ1v) is 14.8. The van der Waals surface area contributed by atoms with Gasteiger partial charge in [-0.2, -0.15) is 10.2 Å². The van der Waals surface area contributed by atoms with Crippen molar-refractivity contribution in [1.29, 1.82) is 0 Å². The highest BCUT2D eigenvalue weighted by Gasteiger charge is 2.40. The van der Waals surface area contributed by atoms with E-state index in [-0.39, 0.29) is 30.2 Å². The summed E-state index contributed by atoms with van der Waals surface area (Å²) in [5.41, 5.74) is 5.65. The van der Waals surface area contributed by atoms with Gasteiger partial charge in [-0.15, -0.1) is 0 Å². The fourth-order valence-corrected chi connectivity index (χ4v) is 6.70. The van der Waals surface area contributed by atoms with Gasteiger partial charge in [0.15, 0.2) is 17.3 Å². The highest BCUT2D eigenvalue weighted by atomic mass is 19.2. The van der Waals surface area contributed by atoms with Gasteiger partial charge in [0.25, 0.3) is 0 Å². The third-order valence-electron chi connectivity index (χ3n) is 8.92. The number of Topliss-reactive ketones (excluding diaryl/α,β-unsaturated/α-hetero) is 1. The fourth-order valence-electron chi connectivity index (χ4n) is 6.70. The highest BCUT2D eigenvalue weighted by Crippen LogP contribution is 2.43. The Labute approximate surface area is 255 Å². The predicted octanol–water partition coefficient (Wildman–Crippen LogP) is 6.01. The molecule has 1 aliphatic heterocycles. The van der Waals surface area contributed by atoms with E-state index in [1.54, 1.807) is 30.3 Å². The molecule has 3 atom stereocenters. The van der Waals surface area contributed by atoms with E-state index in [9.17, 15) is 13.6 Å². The zero-order valence-corrected chi connectivity index (χ0v) is 25.4. The molecule has 228 valence electrons. The molecular formula is C34H36F2N6O2. The van der Waals surface area contributed by atoms with Gasteiger partial charge in [-0.1, -0.05) is 24.3 Å². The molecule has 0 unspecified atom stereocenters. The van der Waals surface area contributed by atoms with Crippen LogP contribution in [0.1, 0.15) is 42.1 Å². The first-order chi connectivity index (χ1) is 21.2. The number of likely N-dealkylation sites (tertiary alicyclic amines) is 1. The minimum atomic E-state index is -0.879. The lowest BCUT2D eigenvalue weighted by Gasteiger charge is -2.28. The Balaban J connectivity index is 1.32. The summed E-state index contributed by atoms with van der Waals surface area (Å²) in [6, 6.07) is 15.8. The van der Waals surface area contributed by atoms with Gasteiger partial charge in [0.1, 0.15) is 5.78 Å². The Bertz CT molecular complexity index is 1800. The van der Waals surface area contributed by atoms with Gasteiger partial charge in [0.2, 0.25) is 0 Å². The van der Waals surface area contributed by atoms with E-state index in [2.05, 4.69) is 15.0 Å². The lowest BCUT2D eigenvalue weighted by molar-refractivity contribution is -0.119. The number of hydrogen-bond acceptors (Lipinski definition) is 6. The average Bonchev–Trinajstić information content (AvgIpc) is 3.66. The lowest BCUT2D eigenvalue weighted by atomic mass is 9.87. The smallest absolute Gasteiger partial charge is 0.159 e. The molecule has 4 heterocycles. The maximum Gasteiger partial charge on any atom is 0.159 e. The molecule has 1 fully saturated rings. The Hall–Kier alpha value is -4.28. The second-order valence-electron chi connectivity index (χ2n) is 11.7. The number of rotatable bonds is 10. The molecule has 1 saturated heterocycles. The monoisotopic (exact) mass is 598 g/mol. The quantitative estimate of drug-likeness (QED) is 0.196. The van der Waals surface area contributed by atoms with Gasteiger partial charge >= 0.3 is 0 Å². The standard InChI is InChI=1S/C34H36F2N6O2/c1-21-31(42(26-8-6-5-7-9-26)39-32(21)24-14-25-20-38-41(3)34(25)37-19-24)18-28(43)16-23-15-27(12-13-44-4)40(2)33(23)22-10-11-29(35)30(36)17-22/h5-11,14,17,19-20,23,27,33H,12-13,15-16,18H2,1-4H3/t23-,27+,33-/m0/s1. The Morgan fingerprint density at radius 2 is 1.84 bits per heavy atom. The van der Waals surface area contributed by atoms with Gasteiger partial charge in [0, 0.05) is 62.8 Å². The fraction of sp³-hybridized carbons (Fsp3) is 0.353. The second-order valence-corrected chi connectivity index (χ2v) is 11.7. The number of ketones is 1. The molecule has 0 N–H and O–H groups in total. The molecule has 5 aromatic rings. The zero-order valence-electron chi connectivity index (χ0n) is 25.4. The van der Waals surface area contributed by atoms with Crippen LogP contribution < -0.4 is 0 Å². The van der Waals surface area contributed by atoms with Crippen LogP contribution in [0.15, 0.2) is 67.0 Å². The molecule has 2 aromatic carbocycles. The molecule has 3 aromatic heterocycles. The van der Waals surface area contributed by atoms with Crippen molar-refractivity contribution in [2.45, 2.75) is 44.7 Å². The van der Waals surface area contributed by atoms with Crippen molar-refractivity contribution in [3.8, 4) is 16.9 Å². The summed E-state index contributed by atoms with van der Waals surface area (Å²) in [5, 5.41) is 10.2. The van der Waals surface area contributed by atoms with Crippen molar-refractivity contribution in [2.24, 2.45) is 13.0 Å². The third-order valence-corrected chi connectivity index (χ3v) is 8.92. The molecule has 0 radical (unpaired) electrons. The minimum absolute atomic E-state index is 0.0655. The molecule has 6 rings (SSSR count). The van der Waals surface area contributed by atoms with Crippen molar-refractivity contribution in [1.82, 2.24) is 29.4 Å². The number of ether oxygens (including phenoxy) is 1. The third kappa shape index (κ3) is 5.67. The van der Waals surface area contributed by atoms with Crippen molar-refractivity contribution < 1.29 is 18.3 Å². The van der Waals surface area contributed by atoms with Crippen LogP contribution in [0.4, 0.5) is 8.78 Å². The van der Waals surface area contributed by atoms with Gasteiger partial charge < -0.3 is 4.74 Å². The normalized spacial score (nSPS) is 18.8. The lowest BCUT2D eigenvalue weighted by Crippen LogP contribution is -2.29. The molecule has 0 spiro atoms. The van der Waals surface area contributed by atoms with Crippen LogP contribution in [0, 0.1) is 24.5 Å². The number of pyridine rings is 1. The topological polar surface area (TPSA) is 78.1 Å². The van der Waals surface area contributed by atoms with Crippen molar-refractivity contribution in [2.75, 3.05) is 20.8 Å². The molecule has 10 heteroatoms. The number of para-hydroxylation sites is 1. The predicted molar refractivity (Wildman–Crippen MR) is 164 cm³/mol. The van der Waals surface area contributed by atoms with Crippen molar-refractivity contribution in [3.05, 3.63) is 95.4 Å². The number of carbonyl (C=O) groups is 1. The van der Waals surface area contributed by atoms with Crippen molar-refractivity contribution in [3.63, 3.8) is 0 Å². The average molecular weight is 599 g/mol. The van der Waals surface area contributed by atoms with E-state index in [0.717, 1.165) is 52.1 Å². The largest absolute Gasteiger partial charge is 0.385 e. The number of carbonyl (C=O) groups excluding carboxylic acids is 1. The van der Waals surface area contributed by atoms with Gasteiger partial charge in [-0.3, -0.25) is 14.4 Å². The van der Waals surface area contributed by atoms with Crippen molar-refractivity contribution >= 4 is 16.8 Å². The van der Waals surface area contributed by atoms with Gasteiger partial charge in [-0.25, -0.2) is 18.4 Å². The first kappa shape index (κ1) is 29.8. The molecule has 44 heavy (non-hydrogen) atoms. The van der Waals surface area contributed by atoms with Crippen LogP contribution in [0.2, 0.25) is 0 Å². The van der Waals surface area contributed by atoms with E-state index < -0.39 is 11.6 Å². The molecule has 8 nitrogen and oxygen atoms in total. The maximum absolute atomic E-state index is 14.3. The van der Waals surface area contributed by atoms with E-state index in [1.165, 1.54) is 12.1 Å². The SMILES string of the molecule is COCC[C@@H]1C[C@@H](CC(=O)Cc2c(C)c(-c3cnc4c(cnn4C)c3)nn2-c2ccccc2)[C@H](c2ccc(F)c(F)c2)N1C. The van der Waals surface area contributed by atoms with Crippen LogP contribution in [-0.4, -0.2) is 62.0 Å². The van der Waals surface area contributed by atoms with E-state index in [1.807, 2.05) is 62.1 Å². The molecular weight excluding hydrogens is 562 g/mol. The molecule has 0 aliphatic carbocycles. The molecule has 0 amide bonds. The van der Waals surface area contributed by atoms with Crippen LogP contribution in [-0.2, 0) is 23.0 Å². The van der Waals surface area contributed by atoms with Crippen LogP contribution in [0.25, 0.3) is 28.0 Å².